The normalized spacial score (nSPS) is 17.4. The quantitative estimate of drug-likeness (QED) is 0.478. The van der Waals surface area contributed by atoms with E-state index in [1.807, 2.05) is 0 Å². The van der Waals surface area contributed by atoms with Gasteiger partial charge in [0.05, 0.1) is 11.6 Å². The van der Waals surface area contributed by atoms with Gasteiger partial charge in [-0.15, -0.1) is 0 Å². The number of aromatic amines is 1. The molecular formula is C11H17N7. The SMILES string of the molecule is CC1(CNc2nc(NN)nc3[nH]ncc23)CCC1. The smallest absolute Gasteiger partial charge is 0.241 e. The van der Waals surface area contributed by atoms with E-state index in [2.05, 4.69) is 37.8 Å². The highest BCUT2D eigenvalue weighted by molar-refractivity contribution is 5.86. The lowest BCUT2D eigenvalue weighted by molar-refractivity contribution is 0.180. The molecule has 7 heteroatoms. The van der Waals surface area contributed by atoms with Gasteiger partial charge in [-0.1, -0.05) is 13.3 Å². The number of fused-ring (bicyclic) bond motifs is 1. The Labute approximate surface area is 105 Å². The van der Waals surface area contributed by atoms with Gasteiger partial charge in [-0.2, -0.15) is 15.1 Å². The summed E-state index contributed by atoms with van der Waals surface area (Å²) in [4.78, 5) is 8.52. The van der Waals surface area contributed by atoms with Gasteiger partial charge in [0.2, 0.25) is 5.95 Å². The molecule has 1 saturated carbocycles. The van der Waals surface area contributed by atoms with E-state index in [4.69, 9.17) is 5.84 Å². The maximum absolute atomic E-state index is 5.36. The molecule has 0 saturated heterocycles. The molecule has 1 aliphatic rings. The van der Waals surface area contributed by atoms with Crippen LogP contribution in [0.25, 0.3) is 11.0 Å². The lowest BCUT2D eigenvalue weighted by Gasteiger charge is -2.38. The topological polar surface area (TPSA) is 105 Å². The van der Waals surface area contributed by atoms with Crippen molar-refractivity contribution in [1.29, 1.82) is 0 Å². The van der Waals surface area contributed by atoms with Crippen LogP contribution < -0.4 is 16.6 Å². The first-order valence-corrected chi connectivity index (χ1v) is 6.12. The van der Waals surface area contributed by atoms with Crippen LogP contribution in [-0.4, -0.2) is 26.7 Å². The van der Waals surface area contributed by atoms with Gasteiger partial charge in [0.1, 0.15) is 5.82 Å². The minimum atomic E-state index is 0.382. The maximum atomic E-state index is 5.36. The summed E-state index contributed by atoms with van der Waals surface area (Å²) < 4.78 is 0. The highest BCUT2D eigenvalue weighted by atomic mass is 15.3. The van der Waals surface area contributed by atoms with E-state index in [1.54, 1.807) is 6.20 Å². The third-order valence-corrected chi connectivity index (χ3v) is 3.68. The molecule has 0 radical (unpaired) electrons. The van der Waals surface area contributed by atoms with Crippen LogP contribution >= 0.6 is 0 Å². The summed E-state index contributed by atoms with van der Waals surface area (Å²) in [5.41, 5.74) is 3.53. The molecule has 0 spiro atoms. The van der Waals surface area contributed by atoms with Crippen molar-refractivity contribution < 1.29 is 0 Å². The van der Waals surface area contributed by atoms with Crippen LogP contribution in [0.3, 0.4) is 0 Å². The lowest BCUT2D eigenvalue weighted by atomic mass is 9.70. The van der Waals surface area contributed by atoms with Gasteiger partial charge in [0.15, 0.2) is 5.65 Å². The fraction of sp³-hybridized carbons (Fsp3) is 0.545. The number of hydrogen-bond donors (Lipinski definition) is 4. The second-order valence-electron chi connectivity index (χ2n) is 5.19. The predicted octanol–water partition coefficient (Wildman–Crippen LogP) is 1.24. The Morgan fingerprint density at radius 2 is 2.28 bits per heavy atom. The Hall–Kier alpha value is -1.89. The number of hydrogen-bond acceptors (Lipinski definition) is 6. The van der Waals surface area contributed by atoms with Crippen LogP contribution in [0.4, 0.5) is 11.8 Å². The average molecular weight is 247 g/mol. The van der Waals surface area contributed by atoms with Crippen molar-refractivity contribution in [3.63, 3.8) is 0 Å². The number of nitrogen functional groups attached to an aromatic ring is 1. The third kappa shape index (κ3) is 1.86. The molecule has 1 aliphatic carbocycles. The second kappa shape index (κ2) is 4.09. The Kier molecular flexibility index (Phi) is 2.55. The van der Waals surface area contributed by atoms with Crippen LogP contribution in [0.2, 0.25) is 0 Å². The number of anilines is 2. The molecule has 96 valence electrons. The van der Waals surface area contributed by atoms with Crippen molar-refractivity contribution in [2.24, 2.45) is 11.3 Å². The predicted molar refractivity (Wildman–Crippen MR) is 69.9 cm³/mol. The van der Waals surface area contributed by atoms with Crippen LogP contribution in [0.5, 0.6) is 0 Å². The fourth-order valence-corrected chi connectivity index (χ4v) is 2.29. The highest BCUT2D eigenvalue weighted by Gasteiger charge is 2.31. The summed E-state index contributed by atoms with van der Waals surface area (Å²) in [7, 11) is 0. The number of nitrogens with two attached hydrogens (primary N) is 1. The summed E-state index contributed by atoms with van der Waals surface area (Å²) >= 11 is 0. The number of aromatic nitrogens is 4. The number of hydrazine groups is 1. The summed E-state index contributed by atoms with van der Waals surface area (Å²) in [6.07, 6.45) is 5.57. The lowest BCUT2D eigenvalue weighted by Crippen LogP contribution is -2.33. The van der Waals surface area contributed by atoms with Gasteiger partial charge >= 0.3 is 0 Å². The van der Waals surface area contributed by atoms with Crippen molar-refractivity contribution in [3.8, 4) is 0 Å². The van der Waals surface area contributed by atoms with Crippen molar-refractivity contribution in [1.82, 2.24) is 20.2 Å². The van der Waals surface area contributed by atoms with E-state index in [0.29, 0.717) is 17.0 Å². The zero-order valence-electron chi connectivity index (χ0n) is 10.3. The third-order valence-electron chi connectivity index (χ3n) is 3.68. The molecule has 5 N–H and O–H groups in total. The molecule has 2 aromatic heterocycles. The molecule has 18 heavy (non-hydrogen) atoms. The first-order chi connectivity index (χ1) is 8.70. The molecule has 0 unspecified atom stereocenters. The number of rotatable bonds is 4. The Bertz CT molecular complexity index is 558. The summed E-state index contributed by atoms with van der Waals surface area (Å²) in [5, 5.41) is 11.1. The molecule has 0 bridgehead atoms. The second-order valence-corrected chi connectivity index (χ2v) is 5.19. The van der Waals surface area contributed by atoms with Gasteiger partial charge in [0.25, 0.3) is 0 Å². The molecule has 0 aliphatic heterocycles. The average Bonchev–Trinajstić information content (AvgIpc) is 2.81. The maximum Gasteiger partial charge on any atom is 0.241 e. The van der Waals surface area contributed by atoms with Crippen LogP contribution in [-0.2, 0) is 0 Å². The summed E-state index contributed by atoms with van der Waals surface area (Å²) in [6, 6.07) is 0. The molecular weight excluding hydrogens is 230 g/mol. The summed E-state index contributed by atoms with van der Waals surface area (Å²) in [5.74, 6) is 6.52. The van der Waals surface area contributed by atoms with Gasteiger partial charge < -0.3 is 5.32 Å². The molecule has 1 fully saturated rings. The van der Waals surface area contributed by atoms with E-state index in [-0.39, 0.29) is 0 Å². The highest BCUT2D eigenvalue weighted by Crippen LogP contribution is 2.40. The van der Waals surface area contributed by atoms with E-state index >= 15 is 0 Å². The van der Waals surface area contributed by atoms with Crippen molar-refractivity contribution in [2.75, 3.05) is 17.3 Å². The van der Waals surface area contributed by atoms with Crippen molar-refractivity contribution >= 4 is 22.8 Å². The standard InChI is InChI=1S/C11H17N7/c1-11(3-2-4-11)6-13-8-7-5-14-18-9(7)16-10(15-8)17-12/h5H,2-4,6,12H2,1H3,(H3,13,14,15,16,17,18). The first kappa shape index (κ1) is 11.2. The van der Waals surface area contributed by atoms with E-state index in [0.717, 1.165) is 17.7 Å². The Balaban J connectivity index is 1.87. The number of nitrogens with zero attached hydrogens (tertiary/aromatic N) is 3. The molecule has 3 rings (SSSR count). The Morgan fingerprint density at radius 1 is 1.44 bits per heavy atom. The monoisotopic (exact) mass is 247 g/mol. The molecule has 2 heterocycles. The van der Waals surface area contributed by atoms with Gasteiger partial charge in [0, 0.05) is 6.54 Å². The van der Waals surface area contributed by atoms with Gasteiger partial charge in [-0.25, -0.2) is 5.84 Å². The van der Waals surface area contributed by atoms with Crippen molar-refractivity contribution in [3.05, 3.63) is 6.20 Å². The Morgan fingerprint density at radius 3 is 2.94 bits per heavy atom. The molecule has 0 amide bonds. The van der Waals surface area contributed by atoms with Gasteiger partial charge in [-0.05, 0) is 18.3 Å². The minimum absolute atomic E-state index is 0.382. The molecule has 7 nitrogen and oxygen atoms in total. The van der Waals surface area contributed by atoms with E-state index in [1.165, 1.54) is 19.3 Å². The van der Waals surface area contributed by atoms with Gasteiger partial charge in [-0.3, -0.25) is 10.5 Å². The number of nitrogens with one attached hydrogen (secondary N) is 3. The van der Waals surface area contributed by atoms with Crippen LogP contribution in [0, 0.1) is 5.41 Å². The van der Waals surface area contributed by atoms with Crippen molar-refractivity contribution in [2.45, 2.75) is 26.2 Å². The molecule has 0 aromatic carbocycles. The van der Waals surface area contributed by atoms with Crippen LogP contribution in [0.1, 0.15) is 26.2 Å². The van der Waals surface area contributed by atoms with E-state index < -0.39 is 0 Å². The molecule has 2 aromatic rings. The zero-order chi connectivity index (χ0) is 12.6. The largest absolute Gasteiger partial charge is 0.369 e. The fourth-order valence-electron chi connectivity index (χ4n) is 2.29. The zero-order valence-corrected chi connectivity index (χ0v) is 10.3. The molecule has 0 atom stereocenters. The minimum Gasteiger partial charge on any atom is -0.369 e. The van der Waals surface area contributed by atoms with Crippen LogP contribution in [0.15, 0.2) is 6.20 Å². The van der Waals surface area contributed by atoms with E-state index in [9.17, 15) is 0 Å². The summed E-state index contributed by atoms with van der Waals surface area (Å²) in [6.45, 7) is 3.20. The first-order valence-electron chi connectivity index (χ1n) is 6.12. The number of H-pyrrole nitrogens is 1.